The molecule has 0 amide bonds. The maximum Gasteiger partial charge on any atom is 0.103 e. The van der Waals surface area contributed by atoms with Crippen LogP contribution < -0.4 is 0 Å². The van der Waals surface area contributed by atoms with Crippen molar-refractivity contribution in [1.82, 2.24) is 0 Å². The lowest BCUT2D eigenvalue weighted by atomic mass is 10.1. The second-order valence-corrected chi connectivity index (χ2v) is 2.03. The smallest absolute Gasteiger partial charge is 0.103 e. The summed E-state index contributed by atoms with van der Waals surface area (Å²) in [5, 5.41) is 2.88. The monoisotopic (exact) mass is 137 g/mol. The van der Waals surface area contributed by atoms with Gasteiger partial charge in [0.1, 0.15) is 6.04 Å². The Balaban J connectivity index is 3.51. The molecule has 0 N–H and O–H groups in total. The number of hydrogen-bond donors (Lipinski definition) is 0. The second-order valence-electron chi connectivity index (χ2n) is 2.03. The van der Waals surface area contributed by atoms with Crippen molar-refractivity contribution in [1.29, 1.82) is 0 Å². The minimum Gasteiger partial charge on any atom is -0.150 e. The lowest BCUT2D eigenvalue weighted by molar-refractivity contribution is 0.635. The molecule has 1 atom stereocenters. The molecular weight excluding hydrogens is 126 g/mol. The molecule has 2 heteroatoms. The van der Waals surface area contributed by atoms with Gasteiger partial charge in [-0.1, -0.05) is 11.3 Å². The van der Waals surface area contributed by atoms with Gasteiger partial charge < -0.3 is 0 Å². The van der Waals surface area contributed by atoms with Gasteiger partial charge in [-0.3, -0.25) is 0 Å². The van der Waals surface area contributed by atoms with E-state index in [1.807, 2.05) is 0 Å². The number of hydrogen-bond acceptors (Lipinski definition) is 2. The van der Waals surface area contributed by atoms with Crippen molar-refractivity contribution in [2.75, 3.05) is 0 Å². The lowest BCUT2D eigenvalue weighted by Gasteiger charge is -2.00. The highest BCUT2D eigenvalue weighted by atomic mass is 16.3. The Bertz CT molecular complexity index is 146. The van der Waals surface area contributed by atoms with E-state index in [0.717, 1.165) is 12.8 Å². The van der Waals surface area contributed by atoms with Crippen LogP contribution in [-0.4, -0.2) is 6.04 Å². The van der Waals surface area contributed by atoms with Crippen molar-refractivity contribution in [3.8, 4) is 12.3 Å². The lowest BCUT2D eigenvalue weighted by Crippen LogP contribution is -2.00. The second kappa shape index (κ2) is 6.03. The van der Waals surface area contributed by atoms with Crippen LogP contribution in [-0.2, 0) is 0 Å². The normalized spacial score (nSPS) is 11.5. The summed E-state index contributed by atoms with van der Waals surface area (Å²) >= 11 is 0. The maximum absolute atomic E-state index is 10.0. The summed E-state index contributed by atoms with van der Waals surface area (Å²) in [5.41, 5.74) is 0. The molecule has 0 aromatic rings. The topological polar surface area (TPSA) is 29.4 Å². The van der Waals surface area contributed by atoms with Gasteiger partial charge in [0.05, 0.1) is 0 Å². The third kappa shape index (κ3) is 3.85. The van der Waals surface area contributed by atoms with Gasteiger partial charge in [-0.15, -0.1) is 18.9 Å². The van der Waals surface area contributed by atoms with Gasteiger partial charge in [-0.2, -0.15) is 4.91 Å². The van der Waals surface area contributed by atoms with Gasteiger partial charge in [0, 0.05) is 6.42 Å². The minimum atomic E-state index is -0.219. The molecule has 0 fully saturated rings. The van der Waals surface area contributed by atoms with Crippen LogP contribution >= 0.6 is 0 Å². The molecule has 0 heterocycles. The number of terminal acetylenes is 1. The zero-order valence-electron chi connectivity index (χ0n) is 5.92. The summed E-state index contributed by atoms with van der Waals surface area (Å²) in [5.74, 6) is 2.40. The molecule has 0 aliphatic rings. The van der Waals surface area contributed by atoms with E-state index in [2.05, 4.69) is 17.7 Å². The maximum atomic E-state index is 10.0. The van der Waals surface area contributed by atoms with Gasteiger partial charge in [0.15, 0.2) is 0 Å². The van der Waals surface area contributed by atoms with Gasteiger partial charge in [-0.05, 0) is 12.8 Å². The van der Waals surface area contributed by atoms with Crippen LogP contribution in [0.5, 0.6) is 0 Å². The van der Waals surface area contributed by atoms with E-state index in [0.29, 0.717) is 6.42 Å². The third-order valence-corrected chi connectivity index (χ3v) is 1.21. The van der Waals surface area contributed by atoms with Crippen LogP contribution in [0.4, 0.5) is 0 Å². The number of allylic oxidation sites excluding steroid dienone is 1. The first-order valence-electron chi connectivity index (χ1n) is 3.22. The van der Waals surface area contributed by atoms with Gasteiger partial charge in [-0.25, -0.2) is 0 Å². The molecule has 0 unspecified atom stereocenters. The van der Waals surface area contributed by atoms with Crippen molar-refractivity contribution in [3.63, 3.8) is 0 Å². The summed E-state index contributed by atoms with van der Waals surface area (Å²) in [6.45, 7) is 3.53. The molecule has 2 nitrogen and oxygen atoms in total. The number of nitroso groups, excluding NO2 is 1. The highest BCUT2D eigenvalue weighted by Gasteiger charge is 2.03. The molecule has 0 saturated carbocycles. The Hall–Kier alpha value is -1.10. The van der Waals surface area contributed by atoms with E-state index in [4.69, 9.17) is 6.42 Å². The molecule has 0 saturated heterocycles. The Morgan fingerprint density at radius 1 is 1.80 bits per heavy atom. The largest absolute Gasteiger partial charge is 0.150 e. The summed E-state index contributed by atoms with van der Waals surface area (Å²) in [6.07, 6.45) is 8.73. The molecule has 0 aromatic carbocycles. The first kappa shape index (κ1) is 8.90. The Labute approximate surface area is 61.3 Å². The third-order valence-electron chi connectivity index (χ3n) is 1.21. The van der Waals surface area contributed by atoms with Crippen LogP contribution in [0.15, 0.2) is 17.8 Å². The van der Waals surface area contributed by atoms with E-state index >= 15 is 0 Å². The predicted octanol–water partition coefficient (Wildman–Crippen LogP) is 2.11. The summed E-state index contributed by atoms with van der Waals surface area (Å²) in [7, 11) is 0. The fourth-order valence-electron chi connectivity index (χ4n) is 0.638. The standard InChI is InChI=1S/C8H11NO/c1-3-5-7-8(9-10)6-4-2/h2-3,8H,1,5-7H2/t8-/m1/s1. The summed E-state index contributed by atoms with van der Waals surface area (Å²) in [4.78, 5) is 10.0. The van der Waals surface area contributed by atoms with Crippen LogP contribution in [0.25, 0.3) is 0 Å². The van der Waals surface area contributed by atoms with Crippen LogP contribution in [0, 0.1) is 17.3 Å². The highest BCUT2D eigenvalue weighted by molar-refractivity contribution is 4.90. The average Bonchev–Trinajstić information content (AvgIpc) is 1.98. The molecule has 10 heavy (non-hydrogen) atoms. The molecule has 0 aliphatic carbocycles. The van der Waals surface area contributed by atoms with E-state index in [-0.39, 0.29) is 6.04 Å². The zero-order chi connectivity index (χ0) is 7.82. The zero-order valence-corrected chi connectivity index (χ0v) is 5.92. The van der Waals surface area contributed by atoms with E-state index in [1.165, 1.54) is 0 Å². The van der Waals surface area contributed by atoms with Crippen molar-refractivity contribution in [2.24, 2.45) is 5.18 Å². The fourth-order valence-corrected chi connectivity index (χ4v) is 0.638. The van der Waals surface area contributed by atoms with Crippen molar-refractivity contribution >= 4 is 0 Å². The first-order valence-corrected chi connectivity index (χ1v) is 3.22. The quantitative estimate of drug-likeness (QED) is 0.324. The molecule has 0 bridgehead atoms. The van der Waals surface area contributed by atoms with E-state index in [1.54, 1.807) is 6.08 Å². The van der Waals surface area contributed by atoms with Gasteiger partial charge in [0.2, 0.25) is 0 Å². The summed E-state index contributed by atoms with van der Waals surface area (Å²) < 4.78 is 0. The fraction of sp³-hybridized carbons (Fsp3) is 0.500. The average molecular weight is 137 g/mol. The Morgan fingerprint density at radius 2 is 2.50 bits per heavy atom. The van der Waals surface area contributed by atoms with Crippen LogP contribution in [0.1, 0.15) is 19.3 Å². The van der Waals surface area contributed by atoms with Crippen LogP contribution in [0.2, 0.25) is 0 Å². The van der Waals surface area contributed by atoms with Crippen molar-refractivity contribution in [3.05, 3.63) is 17.6 Å². The number of nitrogens with zero attached hydrogens (tertiary/aromatic N) is 1. The van der Waals surface area contributed by atoms with Crippen molar-refractivity contribution < 1.29 is 0 Å². The first-order chi connectivity index (χ1) is 4.85. The molecule has 54 valence electrons. The SMILES string of the molecule is C#CC[C@H](CCC=C)N=O. The Kier molecular flexibility index (Phi) is 5.36. The summed E-state index contributed by atoms with van der Waals surface area (Å²) in [6, 6.07) is -0.219. The Morgan fingerprint density at radius 3 is 2.90 bits per heavy atom. The molecule has 0 aliphatic heterocycles. The molecular formula is C8H11NO. The minimum absolute atomic E-state index is 0.219. The molecule has 0 rings (SSSR count). The molecule has 0 radical (unpaired) electrons. The van der Waals surface area contributed by atoms with Crippen molar-refractivity contribution in [2.45, 2.75) is 25.3 Å². The van der Waals surface area contributed by atoms with E-state index < -0.39 is 0 Å². The highest BCUT2D eigenvalue weighted by Crippen LogP contribution is 2.05. The van der Waals surface area contributed by atoms with Crippen LogP contribution in [0.3, 0.4) is 0 Å². The number of rotatable bonds is 5. The van der Waals surface area contributed by atoms with Gasteiger partial charge >= 0.3 is 0 Å². The molecule has 0 spiro atoms. The van der Waals surface area contributed by atoms with E-state index in [9.17, 15) is 4.91 Å². The molecule has 0 aromatic heterocycles. The van der Waals surface area contributed by atoms with Gasteiger partial charge in [0.25, 0.3) is 0 Å². The predicted molar refractivity (Wildman–Crippen MR) is 42.5 cm³/mol.